The Morgan fingerprint density at radius 2 is 1.83 bits per heavy atom. The van der Waals surface area contributed by atoms with E-state index >= 15 is 0 Å². The zero-order chi connectivity index (χ0) is 21.4. The third-order valence-corrected chi connectivity index (χ3v) is 5.25. The van der Waals surface area contributed by atoms with Crippen LogP contribution in [0.1, 0.15) is 38.8 Å². The van der Waals surface area contributed by atoms with Crippen LogP contribution in [0.5, 0.6) is 0 Å². The lowest BCUT2D eigenvalue weighted by Gasteiger charge is -2.33. The van der Waals surface area contributed by atoms with Gasteiger partial charge in [-0.1, -0.05) is 45.0 Å². The largest absolute Gasteiger partial charge is 0.342 e. The van der Waals surface area contributed by atoms with E-state index in [0.717, 1.165) is 28.3 Å². The molecule has 3 aromatic rings. The Morgan fingerprint density at radius 1 is 1.07 bits per heavy atom. The van der Waals surface area contributed by atoms with Crippen molar-refractivity contribution in [2.24, 2.45) is 10.7 Å². The highest BCUT2D eigenvalue weighted by Gasteiger charge is 2.30. The van der Waals surface area contributed by atoms with Gasteiger partial charge in [0.15, 0.2) is 0 Å². The molecule has 0 saturated carbocycles. The predicted molar refractivity (Wildman–Crippen MR) is 123 cm³/mol. The average molecular weight is 401 g/mol. The normalized spacial score (nSPS) is 19.0. The van der Waals surface area contributed by atoms with Crippen molar-refractivity contribution in [3.05, 3.63) is 89.5 Å². The fraction of sp³-hybridized carbons (Fsp3) is 0.250. The Hall–Kier alpha value is -3.38. The fourth-order valence-electron chi connectivity index (χ4n) is 3.36. The lowest BCUT2D eigenvalue weighted by atomic mass is 9.87. The van der Waals surface area contributed by atoms with Gasteiger partial charge in [0.1, 0.15) is 5.82 Å². The summed E-state index contributed by atoms with van der Waals surface area (Å²) in [7, 11) is 0. The van der Waals surface area contributed by atoms with Gasteiger partial charge in [-0.2, -0.15) is 5.10 Å². The number of hydrogen-bond donors (Lipinski definition) is 3. The zero-order valence-corrected chi connectivity index (χ0v) is 17.8. The van der Waals surface area contributed by atoms with Gasteiger partial charge >= 0.3 is 0 Å². The monoisotopic (exact) mass is 400 g/mol. The molecule has 0 bridgehead atoms. The van der Waals surface area contributed by atoms with Crippen molar-refractivity contribution in [3.8, 4) is 5.69 Å². The molecular formula is C24H28N6. The van der Waals surface area contributed by atoms with Gasteiger partial charge < -0.3 is 10.6 Å². The van der Waals surface area contributed by atoms with Crippen LogP contribution in [0.15, 0.2) is 83.4 Å². The first-order chi connectivity index (χ1) is 14.2. The van der Waals surface area contributed by atoms with Gasteiger partial charge in [-0.3, -0.25) is 5.73 Å². The number of aromatic nitrogens is 2. The van der Waals surface area contributed by atoms with Crippen molar-refractivity contribution in [2.75, 3.05) is 5.32 Å². The summed E-state index contributed by atoms with van der Waals surface area (Å²) in [5, 5.41) is 11.1. The summed E-state index contributed by atoms with van der Waals surface area (Å²) >= 11 is 0. The zero-order valence-electron chi connectivity index (χ0n) is 17.8. The van der Waals surface area contributed by atoms with Crippen LogP contribution < -0.4 is 16.4 Å². The lowest BCUT2D eigenvalue weighted by Crippen LogP contribution is -2.51. The molecule has 0 saturated heterocycles. The minimum absolute atomic E-state index is 0.0799. The van der Waals surface area contributed by atoms with Crippen LogP contribution >= 0.6 is 0 Å². The Bertz CT molecular complexity index is 1090. The molecule has 6 heteroatoms. The molecule has 1 aromatic heterocycles. The molecule has 4 rings (SSSR count). The number of hydrogen-bond acceptors (Lipinski definition) is 5. The molecule has 1 aliphatic rings. The first kappa shape index (κ1) is 19.9. The van der Waals surface area contributed by atoms with Gasteiger partial charge in [-0.15, -0.1) is 0 Å². The molecule has 0 amide bonds. The number of rotatable bonds is 4. The number of aliphatic imine (C=N–C) groups is 1. The Balaban J connectivity index is 1.57. The molecule has 154 valence electrons. The number of allylic oxidation sites excluding steroid dienone is 1. The van der Waals surface area contributed by atoms with E-state index in [2.05, 4.69) is 65.8 Å². The van der Waals surface area contributed by atoms with Crippen LogP contribution in [-0.4, -0.2) is 16.0 Å². The highest BCUT2D eigenvalue weighted by molar-refractivity contribution is 5.81. The second-order valence-corrected chi connectivity index (χ2v) is 8.66. The van der Waals surface area contributed by atoms with E-state index in [4.69, 9.17) is 5.73 Å². The molecule has 0 aliphatic carbocycles. The fourth-order valence-corrected chi connectivity index (χ4v) is 3.36. The van der Waals surface area contributed by atoms with Crippen molar-refractivity contribution in [1.29, 1.82) is 0 Å². The Morgan fingerprint density at radius 3 is 2.50 bits per heavy atom. The van der Waals surface area contributed by atoms with Gasteiger partial charge in [-0.05, 0) is 48.2 Å². The quantitative estimate of drug-likeness (QED) is 0.611. The van der Waals surface area contributed by atoms with Gasteiger partial charge in [0, 0.05) is 35.4 Å². The predicted octanol–water partition coefficient (Wildman–Crippen LogP) is 4.26. The molecule has 30 heavy (non-hydrogen) atoms. The molecule has 1 aliphatic heterocycles. The minimum Gasteiger partial charge on any atom is -0.342 e. The summed E-state index contributed by atoms with van der Waals surface area (Å²) in [5.74, 6) is -0.207. The van der Waals surface area contributed by atoms with E-state index in [1.54, 1.807) is 6.20 Å². The summed E-state index contributed by atoms with van der Waals surface area (Å²) < 4.78 is 1.81. The average Bonchev–Trinajstić information content (AvgIpc) is 3.26. The van der Waals surface area contributed by atoms with Crippen molar-refractivity contribution in [3.63, 3.8) is 0 Å². The molecule has 4 N–H and O–H groups in total. The minimum atomic E-state index is -1.05. The lowest BCUT2D eigenvalue weighted by molar-refractivity contribution is 0.396. The molecular weight excluding hydrogens is 372 g/mol. The van der Waals surface area contributed by atoms with Crippen LogP contribution in [0.2, 0.25) is 0 Å². The number of nitrogens with zero attached hydrogens (tertiary/aromatic N) is 3. The second-order valence-electron chi connectivity index (χ2n) is 8.66. The Labute approximate surface area is 177 Å². The molecule has 0 fully saturated rings. The number of nitrogens with one attached hydrogen (secondary N) is 2. The van der Waals surface area contributed by atoms with Crippen LogP contribution in [0.4, 0.5) is 5.69 Å². The molecule has 0 radical (unpaired) electrons. The molecule has 2 heterocycles. The van der Waals surface area contributed by atoms with Gasteiger partial charge in [-0.25, -0.2) is 9.67 Å². The van der Waals surface area contributed by atoms with Crippen LogP contribution in [-0.2, 0) is 11.2 Å². The Kier molecular flexibility index (Phi) is 4.95. The van der Waals surface area contributed by atoms with Crippen LogP contribution in [0.25, 0.3) is 5.69 Å². The van der Waals surface area contributed by atoms with Gasteiger partial charge in [0.05, 0.1) is 5.69 Å². The van der Waals surface area contributed by atoms with E-state index in [1.807, 2.05) is 54.3 Å². The highest BCUT2D eigenvalue weighted by Crippen LogP contribution is 2.27. The summed E-state index contributed by atoms with van der Waals surface area (Å²) in [6, 6.07) is 18.3. The first-order valence-electron chi connectivity index (χ1n) is 10.1. The standard InChI is InChI=1S/C24H28N6/c1-17-16-26-24(25,18-9-11-21(12-10-18)30-14-6-13-27-30)29-22(17)28-20-8-5-7-19(15-20)23(2,3)4/h5-16,28-29H,25H2,1-4H3. The van der Waals surface area contributed by atoms with Gasteiger partial charge in [0.2, 0.25) is 5.79 Å². The maximum atomic E-state index is 6.65. The van der Waals surface area contributed by atoms with Crippen LogP contribution in [0, 0.1) is 0 Å². The summed E-state index contributed by atoms with van der Waals surface area (Å²) in [4.78, 5) is 4.58. The van der Waals surface area contributed by atoms with E-state index < -0.39 is 5.79 Å². The maximum Gasteiger partial charge on any atom is 0.210 e. The maximum absolute atomic E-state index is 6.65. The smallest absolute Gasteiger partial charge is 0.210 e. The van der Waals surface area contributed by atoms with Crippen molar-refractivity contribution >= 4 is 11.9 Å². The van der Waals surface area contributed by atoms with Crippen molar-refractivity contribution in [1.82, 2.24) is 15.1 Å². The van der Waals surface area contributed by atoms with Gasteiger partial charge in [0.25, 0.3) is 0 Å². The van der Waals surface area contributed by atoms with E-state index in [9.17, 15) is 0 Å². The number of anilines is 1. The number of nitrogens with two attached hydrogens (primary N) is 1. The van der Waals surface area contributed by atoms with E-state index in [-0.39, 0.29) is 5.41 Å². The van der Waals surface area contributed by atoms with E-state index in [0.29, 0.717) is 0 Å². The molecule has 1 atom stereocenters. The third kappa shape index (κ3) is 4.00. The van der Waals surface area contributed by atoms with Crippen molar-refractivity contribution in [2.45, 2.75) is 38.9 Å². The highest BCUT2D eigenvalue weighted by atomic mass is 15.3. The first-order valence-corrected chi connectivity index (χ1v) is 10.1. The van der Waals surface area contributed by atoms with Crippen molar-refractivity contribution < 1.29 is 0 Å². The number of benzene rings is 2. The summed E-state index contributed by atoms with van der Waals surface area (Å²) in [6.07, 6.45) is 5.48. The molecule has 1 unspecified atom stereocenters. The molecule has 0 spiro atoms. The summed E-state index contributed by atoms with van der Waals surface area (Å²) in [5.41, 5.74) is 11.8. The molecule has 6 nitrogen and oxygen atoms in total. The molecule has 2 aromatic carbocycles. The van der Waals surface area contributed by atoms with E-state index in [1.165, 1.54) is 5.56 Å². The third-order valence-electron chi connectivity index (χ3n) is 5.25. The topological polar surface area (TPSA) is 80.3 Å². The summed E-state index contributed by atoms with van der Waals surface area (Å²) in [6.45, 7) is 8.63. The SMILES string of the molecule is CC1=C(Nc2cccc(C(C)(C)C)c2)NC(N)(c2ccc(-n3cccn3)cc2)N=C1. The second kappa shape index (κ2) is 7.46. The van der Waals surface area contributed by atoms with Crippen LogP contribution in [0.3, 0.4) is 0 Å².